The van der Waals surface area contributed by atoms with Gasteiger partial charge in [-0.05, 0) is 88.5 Å². The number of anilines is 1. The second-order valence-electron chi connectivity index (χ2n) is 18.4. The van der Waals surface area contributed by atoms with Gasteiger partial charge in [-0.2, -0.15) is 0 Å². The van der Waals surface area contributed by atoms with E-state index >= 15 is 19.2 Å². The van der Waals surface area contributed by atoms with Crippen molar-refractivity contribution in [3.05, 3.63) is 237 Å². The maximum Gasteiger partial charge on any atom is 0.421 e. The first-order valence-electron chi connectivity index (χ1n) is 24.5. The lowest BCUT2D eigenvalue weighted by Crippen LogP contribution is -2.56. The van der Waals surface area contributed by atoms with E-state index in [0.717, 1.165) is 4.90 Å². The summed E-state index contributed by atoms with van der Waals surface area (Å²) in [4.78, 5) is 76.9. The van der Waals surface area contributed by atoms with Gasteiger partial charge >= 0.3 is 12.1 Å². The Labute approximate surface area is 437 Å². The highest BCUT2D eigenvalue weighted by Crippen LogP contribution is 2.66. The zero-order chi connectivity index (χ0) is 52.9. The van der Waals surface area contributed by atoms with Gasteiger partial charge in [0.15, 0.2) is 0 Å². The van der Waals surface area contributed by atoms with E-state index < -0.39 is 77.1 Å². The van der Waals surface area contributed by atoms with Gasteiger partial charge in [0, 0.05) is 35.4 Å². The summed E-state index contributed by atoms with van der Waals surface area (Å²) in [6.07, 6.45) is -3.40. The van der Waals surface area contributed by atoms with Crippen molar-refractivity contribution in [2.24, 2.45) is 5.92 Å². The van der Waals surface area contributed by atoms with Crippen LogP contribution >= 0.6 is 0 Å². The lowest BCUT2D eigenvalue weighted by atomic mass is 9.65. The number of carbonyl (C=O) groups excluding carboxylic acids is 4. The highest BCUT2D eigenvalue weighted by molar-refractivity contribution is 6.23. The standard InChI is InChI=1S/C60H50N4O12/c1-73-45-30-25-38(26-31-45)21-22-39-27-32-48-47(35-39)60(58(69)62(48)59(70)75-37-40-23-28-44(29-24-40)64(71)72)51(56(67)61-36-49(66)41-13-5-2-6-14-41)53-57(68)76-54(43-17-9-4-10-18-43)52(42-15-7-3-8-16-42)63(53)55(60)46-19-11-12-20-50(46)74-34-33-65/h2-20,23-32,35,49,51-55,65-66H,33-34,36-37H2,1H3,(H,61,67)/t49-,51+,52+,53+,54-,55-,60+/m0/s1. The van der Waals surface area contributed by atoms with E-state index in [1.165, 1.54) is 24.3 Å². The van der Waals surface area contributed by atoms with Crippen LogP contribution in [0.3, 0.4) is 0 Å². The molecule has 1 spiro atoms. The van der Waals surface area contributed by atoms with Crippen LogP contribution in [0.15, 0.2) is 182 Å². The molecule has 7 aromatic rings. The molecule has 3 aliphatic heterocycles. The molecule has 0 saturated carbocycles. The first-order chi connectivity index (χ1) is 37.0. The molecule has 3 amide bonds. The third-order valence-electron chi connectivity index (χ3n) is 14.1. The molecule has 0 aromatic heterocycles. The van der Waals surface area contributed by atoms with Gasteiger partial charge in [-0.25, -0.2) is 9.69 Å². The number of carbonyl (C=O) groups is 4. The molecule has 0 unspecified atom stereocenters. The van der Waals surface area contributed by atoms with Crippen molar-refractivity contribution in [1.82, 2.24) is 10.2 Å². The van der Waals surface area contributed by atoms with E-state index in [2.05, 4.69) is 17.2 Å². The number of hydrogen-bond acceptors (Lipinski definition) is 13. The Hall–Kier alpha value is -9.14. The number of imide groups is 1. The second kappa shape index (κ2) is 21.8. The molecule has 0 aliphatic carbocycles. The predicted octanol–water partition coefficient (Wildman–Crippen LogP) is 8.23. The van der Waals surface area contributed by atoms with Crippen molar-refractivity contribution in [1.29, 1.82) is 0 Å². The molecule has 3 heterocycles. The summed E-state index contributed by atoms with van der Waals surface area (Å²) in [7, 11) is 1.56. The first-order valence-corrected chi connectivity index (χ1v) is 24.5. The topological polar surface area (TPSA) is 207 Å². The van der Waals surface area contributed by atoms with Gasteiger partial charge in [0.2, 0.25) is 11.8 Å². The predicted molar refractivity (Wildman–Crippen MR) is 278 cm³/mol. The van der Waals surface area contributed by atoms with Crippen LogP contribution in [-0.2, 0) is 35.9 Å². The summed E-state index contributed by atoms with van der Waals surface area (Å²) in [6.45, 7) is -1.31. The summed E-state index contributed by atoms with van der Waals surface area (Å²) < 4.78 is 24.1. The van der Waals surface area contributed by atoms with Crippen molar-refractivity contribution in [3.63, 3.8) is 0 Å². The van der Waals surface area contributed by atoms with Crippen LogP contribution in [0.4, 0.5) is 16.2 Å². The van der Waals surface area contributed by atoms with Gasteiger partial charge in [-0.15, -0.1) is 0 Å². The van der Waals surface area contributed by atoms with Crippen molar-refractivity contribution in [2.45, 2.75) is 42.4 Å². The van der Waals surface area contributed by atoms with Crippen molar-refractivity contribution in [2.75, 3.05) is 31.8 Å². The Morgan fingerprint density at radius 2 is 1.42 bits per heavy atom. The second-order valence-corrected chi connectivity index (χ2v) is 18.4. The van der Waals surface area contributed by atoms with E-state index in [1.807, 2.05) is 65.6 Å². The van der Waals surface area contributed by atoms with Gasteiger partial charge in [-0.1, -0.05) is 121 Å². The largest absolute Gasteiger partial charge is 0.497 e. The Morgan fingerprint density at radius 3 is 2.09 bits per heavy atom. The maximum absolute atomic E-state index is 16.8. The number of esters is 1. The number of cyclic esters (lactones) is 1. The van der Waals surface area contributed by atoms with Gasteiger partial charge in [0.1, 0.15) is 42.3 Å². The SMILES string of the molecule is COc1ccc(C#Cc2ccc3c(c2)[C@]2(C(=O)N3C(=O)OCc3ccc([N+](=O)[O-])cc3)[C@H](c3ccccc3OCCO)N3[C@H](c4ccccc4)[C@H](c4ccccc4)OC(=O)[C@H]3[C@@H]2C(=O)NC[C@H](O)c2ccccc2)cc1. The number of aliphatic hydroxyl groups is 2. The smallest absolute Gasteiger partial charge is 0.421 e. The Balaban J connectivity index is 1.24. The molecule has 7 atom stereocenters. The number of nitrogens with one attached hydrogen (secondary N) is 1. The number of morpholine rings is 1. The number of methoxy groups -OCH3 is 1. The van der Waals surface area contributed by atoms with Crippen LogP contribution in [0.25, 0.3) is 0 Å². The van der Waals surface area contributed by atoms with E-state index in [0.29, 0.717) is 44.7 Å². The number of benzene rings is 7. The lowest BCUT2D eigenvalue weighted by molar-refractivity contribution is -0.384. The minimum Gasteiger partial charge on any atom is -0.497 e. The van der Waals surface area contributed by atoms with E-state index in [4.69, 9.17) is 18.9 Å². The average molecular weight is 1020 g/mol. The van der Waals surface area contributed by atoms with Gasteiger partial charge in [-0.3, -0.25) is 29.4 Å². The fourth-order valence-corrected chi connectivity index (χ4v) is 10.8. The molecule has 382 valence electrons. The molecule has 3 aliphatic rings. The molecule has 10 rings (SSSR count). The highest BCUT2D eigenvalue weighted by atomic mass is 16.6. The molecule has 76 heavy (non-hydrogen) atoms. The molecule has 2 saturated heterocycles. The molecular weight excluding hydrogens is 969 g/mol. The fourth-order valence-electron chi connectivity index (χ4n) is 10.8. The van der Waals surface area contributed by atoms with Crippen molar-refractivity contribution < 1.29 is 53.3 Å². The van der Waals surface area contributed by atoms with Gasteiger partial charge in [0.25, 0.3) is 5.69 Å². The zero-order valence-electron chi connectivity index (χ0n) is 40.9. The van der Waals surface area contributed by atoms with Crippen molar-refractivity contribution >= 4 is 35.3 Å². The minimum absolute atomic E-state index is 0.0265. The number of ether oxygens (including phenoxy) is 4. The van der Waals surface area contributed by atoms with Crippen molar-refractivity contribution in [3.8, 4) is 23.3 Å². The average Bonchev–Trinajstić information content (AvgIpc) is 4.00. The zero-order valence-corrected chi connectivity index (χ0v) is 40.9. The third-order valence-corrected chi connectivity index (χ3v) is 14.1. The summed E-state index contributed by atoms with van der Waals surface area (Å²) in [5.41, 5.74) is 1.21. The van der Waals surface area contributed by atoms with Crippen LogP contribution in [0, 0.1) is 27.9 Å². The summed E-state index contributed by atoms with van der Waals surface area (Å²) in [5.74, 6) is 2.88. The third kappa shape index (κ3) is 9.39. The number of nitro groups is 1. The number of rotatable bonds is 14. The van der Waals surface area contributed by atoms with E-state index in [9.17, 15) is 20.3 Å². The molecule has 16 heteroatoms. The monoisotopic (exact) mass is 1020 g/mol. The molecule has 3 N–H and O–H groups in total. The number of para-hydroxylation sites is 1. The summed E-state index contributed by atoms with van der Waals surface area (Å²) in [5, 5.41) is 36.1. The Morgan fingerprint density at radius 1 is 0.789 bits per heavy atom. The Kier molecular flexibility index (Phi) is 14.4. The molecule has 7 aromatic carbocycles. The van der Waals surface area contributed by atoms with Crippen LogP contribution in [0.5, 0.6) is 11.5 Å². The number of nitrogens with zero attached hydrogens (tertiary/aromatic N) is 3. The molecule has 2 fully saturated rings. The Bertz CT molecular complexity index is 3350. The fraction of sp³-hybridized carbons (Fsp3) is 0.200. The number of amides is 3. The van der Waals surface area contributed by atoms with E-state index in [1.54, 1.807) is 104 Å². The van der Waals surface area contributed by atoms with Crippen LogP contribution < -0.4 is 19.7 Å². The first kappa shape index (κ1) is 50.4. The maximum atomic E-state index is 16.8. The summed E-state index contributed by atoms with van der Waals surface area (Å²) >= 11 is 0. The number of nitro benzene ring substituents is 1. The molecule has 16 nitrogen and oxygen atoms in total. The van der Waals surface area contributed by atoms with Gasteiger partial charge < -0.3 is 34.5 Å². The number of aliphatic hydroxyl groups excluding tert-OH is 2. The minimum atomic E-state index is -2.26. The van der Waals surface area contributed by atoms with Crippen LogP contribution in [0.1, 0.15) is 68.8 Å². The highest BCUT2D eigenvalue weighted by Gasteiger charge is 2.76. The van der Waals surface area contributed by atoms with Crippen LogP contribution in [-0.4, -0.2) is 76.8 Å². The van der Waals surface area contributed by atoms with Gasteiger partial charge in [0.05, 0.1) is 48.4 Å². The number of fused-ring (bicyclic) bond motifs is 3. The van der Waals surface area contributed by atoms with Crippen LogP contribution in [0.2, 0.25) is 0 Å². The summed E-state index contributed by atoms with van der Waals surface area (Å²) in [6, 6.07) is 47.3. The molecule has 0 bridgehead atoms. The molecule has 0 radical (unpaired) electrons. The quantitative estimate of drug-likeness (QED) is 0.0407. The normalized spacial score (nSPS) is 20.8. The lowest BCUT2D eigenvalue weighted by Gasteiger charge is -2.46. The molecular formula is C60H50N4O12. The number of hydrogen-bond donors (Lipinski definition) is 3. The number of non-ortho nitro benzene ring substituents is 1. The van der Waals surface area contributed by atoms with E-state index in [-0.39, 0.29) is 42.4 Å².